The molecule has 66 valence electrons. The van der Waals surface area contributed by atoms with Gasteiger partial charge in [-0.15, -0.1) is 0 Å². The van der Waals surface area contributed by atoms with Gasteiger partial charge in [-0.05, 0) is 15.9 Å². The first-order valence-corrected chi connectivity index (χ1v) is 3.13. The molecule has 1 unspecified atom stereocenters. The van der Waals surface area contributed by atoms with Gasteiger partial charge in [-0.3, -0.25) is 0 Å². The zero-order valence-corrected chi connectivity index (χ0v) is 6.42. The number of hydrogen-bond donors (Lipinski definition) is 0. The van der Waals surface area contributed by atoms with E-state index in [1.165, 1.54) is 0 Å². The fourth-order valence-corrected chi connectivity index (χ4v) is 0.282. The first-order valence-electron chi connectivity index (χ1n) is 2.21. The Balaban J connectivity index is 4.03. The Kier molecular flexibility index (Phi) is 3.77. The number of alkyl halides is 4. The fourth-order valence-electron chi connectivity index (χ4n) is 0.175. The van der Waals surface area contributed by atoms with Crippen LogP contribution in [0.5, 0.6) is 0 Å². The van der Waals surface area contributed by atoms with E-state index in [1.54, 1.807) is 0 Å². The smallest absolute Gasteiger partial charge is 0.432 e. The molecule has 0 aromatic carbocycles. The van der Waals surface area contributed by atoms with Crippen LogP contribution in [0.1, 0.15) is 0 Å². The summed E-state index contributed by atoms with van der Waals surface area (Å²) in [5.41, 5.74) is 0. The number of hydrogen-bond acceptors (Lipinski definition) is 1. The Morgan fingerprint density at radius 3 is 2.18 bits per heavy atom. The average molecular weight is 241 g/mol. The van der Waals surface area contributed by atoms with E-state index >= 15 is 0 Å². The second-order valence-electron chi connectivity index (χ2n) is 1.39. The lowest BCUT2D eigenvalue weighted by Gasteiger charge is -2.13. The second kappa shape index (κ2) is 3.89. The number of rotatable bonds is 3. The van der Waals surface area contributed by atoms with Gasteiger partial charge in [-0.1, -0.05) is 0 Å². The molecule has 0 rings (SSSR count). The standard InChI is InChI=1S/C4H2BrF5O/c5-3(8)4(9,10)11-1-2(6)7/h1,3H. The summed E-state index contributed by atoms with van der Waals surface area (Å²) in [5.74, 6) is 0. The Bertz CT molecular complexity index is 153. The van der Waals surface area contributed by atoms with E-state index in [0.29, 0.717) is 0 Å². The molecular weight excluding hydrogens is 239 g/mol. The highest BCUT2D eigenvalue weighted by molar-refractivity contribution is 9.09. The molecule has 0 saturated heterocycles. The maximum Gasteiger partial charge on any atom is 0.440 e. The molecule has 0 aliphatic rings. The van der Waals surface area contributed by atoms with Crippen LogP contribution in [0.15, 0.2) is 12.3 Å². The number of ether oxygens (including phenoxy) is 1. The molecular formula is C4H2BrF5O. The van der Waals surface area contributed by atoms with Gasteiger partial charge in [0, 0.05) is 0 Å². The van der Waals surface area contributed by atoms with E-state index < -0.39 is 23.5 Å². The molecule has 0 amide bonds. The minimum absolute atomic E-state index is 0.520. The second-order valence-corrected chi connectivity index (χ2v) is 2.19. The normalized spacial score (nSPS) is 14.0. The Labute approximate surface area is 67.0 Å². The van der Waals surface area contributed by atoms with Crippen molar-refractivity contribution in [2.24, 2.45) is 0 Å². The third-order valence-corrected chi connectivity index (χ3v) is 1.09. The third-order valence-electron chi connectivity index (χ3n) is 0.559. The van der Waals surface area contributed by atoms with Gasteiger partial charge < -0.3 is 4.74 Å². The molecule has 0 aliphatic heterocycles. The molecule has 0 saturated carbocycles. The van der Waals surface area contributed by atoms with Crippen LogP contribution in [0.3, 0.4) is 0 Å². The van der Waals surface area contributed by atoms with Gasteiger partial charge in [-0.2, -0.15) is 17.6 Å². The van der Waals surface area contributed by atoms with Gasteiger partial charge in [0.05, 0.1) is 0 Å². The van der Waals surface area contributed by atoms with Gasteiger partial charge >= 0.3 is 12.2 Å². The van der Waals surface area contributed by atoms with Crippen LogP contribution in [0.25, 0.3) is 0 Å². The van der Waals surface area contributed by atoms with Crippen LogP contribution in [0, 0.1) is 0 Å². The van der Waals surface area contributed by atoms with Crippen molar-refractivity contribution in [1.82, 2.24) is 0 Å². The Morgan fingerprint density at radius 1 is 1.45 bits per heavy atom. The molecule has 0 heterocycles. The van der Waals surface area contributed by atoms with Crippen LogP contribution in [0.4, 0.5) is 22.0 Å². The van der Waals surface area contributed by atoms with Crippen LogP contribution in [-0.4, -0.2) is 11.2 Å². The molecule has 0 N–H and O–H groups in total. The average Bonchev–Trinajstić information content (AvgIpc) is 1.84. The molecule has 0 bridgehead atoms. The topological polar surface area (TPSA) is 9.23 Å². The van der Waals surface area contributed by atoms with Crippen molar-refractivity contribution in [3.05, 3.63) is 12.3 Å². The molecule has 11 heavy (non-hydrogen) atoms. The van der Waals surface area contributed by atoms with Crippen molar-refractivity contribution in [3.8, 4) is 0 Å². The Morgan fingerprint density at radius 2 is 1.91 bits per heavy atom. The fraction of sp³-hybridized carbons (Fsp3) is 0.500. The van der Waals surface area contributed by atoms with Crippen molar-refractivity contribution in [2.75, 3.05) is 0 Å². The van der Waals surface area contributed by atoms with E-state index in [2.05, 4.69) is 4.74 Å². The highest BCUT2D eigenvalue weighted by Gasteiger charge is 2.40. The maximum atomic E-state index is 11.9. The van der Waals surface area contributed by atoms with Crippen LogP contribution in [-0.2, 0) is 4.74 Å². The molecule has 7 heteroatoms. The highest BCUT2D eigenvalue weighted by atomic mass is 79.9. The summed E-state index contributed by atoms with van der Waals surface area (Å²) in [6.45, 7) is 0. The summed E-state index contributed by atoms with van der Waals surface area (Å²) in [5, 5.41) is -2.81. The van der Waals surface area contributed by atoms with Gasteiger partial charge in [-0.25, -0.2) is 4.39 Å². The SMILES string of the molecule is FC(F)=COC(F)(F)C(F)Br. The third kappa shape index (κ3) is 4.18. The van der Waals surface area contributed by atoms with Crippen molar-refractivity contribution < 1.29 is 26.7 Å². The summed E-state index contributed by atoms with van der Waals surface area (Å²) in [6.07, 6.45) is -7.25. The van der Waals surface area contributed by atoms with Gasteiger partial charge in [0.15, 0.2) is 6.26 Å². The number of halogens is 6. The predicted octanol–water partition coefficient (Wildman–Crippen LogP) is 3.02. The zero-order chi connectivity index (χ0) is 9.07. The van der Waals surface area contributed by atoms with Crippen molar-refractivity contribution in [3.63, 3.8) is 0 Å². The molecule has 1 nitrogen and oxygen atoms in total. The minimum Gasteiger partial charge on any atom is -0.432 e. The van der Waals surface area contributed by atoms with Crippen molar-refractivity contribution >= 4 is 15.9 Å². The van der Waals surface area contributed by atoms with Crippen molar-refractivity contribution in [1.29, 1.82) is 0 Å². The molecule has 0 fully saturated rings. The largest absolute Gasteiger partial charge is 0.440 e. The molecule has 0 radical (unpaired) electrons. The van der Waals surface area contributed by atoms with Crippen LogP contribution >= 0.6 is 15.9 Å². The van der Waals surface area contributed by atoms with E-state index in [0.717, 1.165) is 0 Å². The summed E-state index contributed by atoms with van der Waals surface area (Å²) in [6, 6.07) is 0. The first-order chi connectivity index (χ1) is 4.86. The zero-order valence-electron chi connectivity index (χ0n) is 4.83. The maximum absolute atomic E-state index is 11.9. The highest BCUT2D eigenvalue weighted by Crippen LogP contribution is 2.27. The summed E-state index contributed by atoms with van der Waals surface area (Å²) < 4.78 is 60.7. The molecule has 0 aromatic rings. The summed E-state index contributed by atoms with van der Waals surface area (Å²) >= 11 is 1.83. The van der Waals surface area contributed by atoms with Crippen molar-refractivity contribution in [2.45, 2.75) is 11.2 Å². The molecule has 1 atom stereocenters. The van der Waals surface area contributed by atoms with E-state index in [9.17, 15) is 22.0 Å². The first kappa shape index (κ1) is 10.7. The molecule has 0 aromatic heterocycles. The minimum atomic E-state index is -4.27. The monoisotopic (exact) mass is 240 g/mol. The van der Waals surface area contributed by atoms with Gasteiger partial charge in [0.1, 0.15) is 0 Å². The summed E-state index contributed by atoms with van der Waals surface area (Å²) in [4.78, 5) is 0. The van der Waals surface area contributed by atoms with Gasteiger partial charge in [0.2, 0.25) is 0 Å². The molecule has 0 spiro atoms. The molecule has 0 aliphatic carbocycles. The predicted molar refractivity (Wildman–Crippen MR) is 30.2 cm³/mol. The lowest BCUT2D eigenvalue weighted by Crippen LogP contribution is -2.26. The van der Waals surface area contributed by atoms with Gasteiger partial charge in [0.25, 0.3) is 5.08 Å². The Hall–Kier alpha value is -0.330. The lowest BCUT2D eigenvalue weighted by molar-refractivity contribution is -0.223. The van der Waals surface area contributed by atoms with E-state index in [1.807, 2.05) is 15.9 Å². The van der Waals surface area contributed by atoms with Crippen LogP contribution in [0.2, 0.25) is 0 Å². The van der Waals surface area contributed by atoms with E-state index in [4.69, 9.17) is 0 Å². The van der Waals surface area contributed by atoms with Crippen LogP contribution < -0.4 is 0 Å². The van der Waals surface area contributed by atoms with E-state index in [-0.39, 0.29) is 0 Å². The quantitative estimate of drug-likeness (QED) is 0.419. The lowest BCUT2D eigenvalue weighted by atomic mass is 10.7. The summed E-state index contributed by atoms with van der Waals surface area (Å²) in [7, 11) is 0.